The van der Waals surface area contributed by atoms with E-state index < -0.39 is 0 Å². The first kappa shape index (κ1) is 12.0. The Morgan fingerprint density at radius 3 is 2.88 bits per heavy atom. The number of hydrogen-bond donors (Lipinski definition) is 2. The fourth-order valence-corrected chi connectivity index (χ4v) is 2.91. The highest BCUT2D eigenvalue weighted by molar-refractivity contribution is 7.09. The molecule has 1 saturated carbocycles. The maximum Gasteiger partial charge on any atom is 0.110 e. The van der Waals surface area contributed by atoms with Crippen molar-refractivity contribution in [2.24, 2.45) is 5.73 Å². The molecule has 90 valence electrons. The molecule has 3 N–H and O–H groups in total. The first-order chi connectivity index (χ1) is 7.59. The summed E-state index contributed by atoms with van der Waals surface area (Å²) in [6.07, 6.45) is 4.78. The van der Waals surface area contributed by atoms with Gasteiger partial charge in [0.25, 0.3) is 0 Å². The van der Waals surface area contributed by atoms with E-state index >= 15 is 0 Å². The zero-order chi connectivity index (χ0) is 11.6. The number of thiazole rings is 1. The van der Waals surface area contributed by atoms with Gasteiger partial charge >= 0.3 is 0 Å². The number of nitrogens with zero attached hydrogens (tertiary/aromatic N) is 1. The molecule has 0 aromatic carbocycles. The molecule has 1 aromatic rings. The summed E-state index contributed by atoms with van der Waals surface area (Å²) < 4.78 is 0. The van der Waals surface area contributed by atoms with Crippen LogP contribution in [0.2, 0.25) is 0 Å². The Hall–Kier alpha value is -0.450. The Kier molecular flexibility index (Phi) is 3.62. The molecule has 1 aliphatic rings. The van der Waals surface area contributed by atoms with Crippen molar-refractivity contribution in [1.29, 1.82) is 0 Å². The van der Waals surface area contributed by atoms with Gasteiger partial charge in [-0.3, -0.25) is 0 Å². The van der Waals surface area contributed by atoms with E-state index in [1.807, 2.05) is 6.92 Å². The monoisotopic (exact) mass is 239 g/mol. The standard InChI is InChI=1S/C12H21N3S/c1-9-8-16-11(15-9)10(2)14-7-6-12(13)4-3-5-12/h8,10,14H,3-7,13H2,1-2H3. The van der Waals surface area contributed by atoms with E-state index in [1.54, 1.807) is 11.3 Å². The highest BCUT2D eigenvalue weighted by Gasteiger charge is 2.31. The molecule has 1 fully saturated rings. The molecule has 0 spiro atoms. The van der Waals surface area contributed by atoms with Crippen LogP contribution in [0.25, 0.3) is 0 Å². The van der Waals surface area contributed by atoms with Crippen molar-refractivity contribution >= 4 is 11.3 Å². The minimum absolute atomic E-state index is 0.130. The second-order valence-electron chi connectivity index (χ2n) is 4.97. The Morgan fingerprint density at radius 1 is 1.62 bits per heavy atom. The molecule has 1 aliphatic carbocycles. The summed E-state index contributed by atoms with van der Waals surface area (Å²) >= 11 is 1.73. The maximum atomic E-state index is 6.18. The van der Waals surface area contributed by atoms with E-state index in [4.69, 9.17) is 5.73 Å². The zero-order valence-electron chi connectivity index (χ0n) is 10.1. The van der Waals surface area contributed by atoms with Crippen molar-refractivity contribution in [2.45, 2.75) is 51.1 Å². The molecule has 1 heterocycles. The average molecular weight is 239 g/mol. The number of aryl methyl sites for hydroxylation is 1. The van der Waals surface area contributed by atoms with E-state index in [9.17, 15) is 0 Å². The van der Waals surface area contributed by atoms with Crippen molar-refractivity contribution in [1.82, 2.24) is 10.3 Å². The molecule has 16 heavy (non-hydrogen) atoms. The Balaban J connectivity index is 1.73. The minimum Gasteiger partial charge on any atom is -0.325 e. The van der Waals surface area contributed by atoms with Crippen molar-refractivity contribution in [3.8, 4) is 0 Å². The molecule has 0 saturated heterocycles. The molecule has 1 unspecified atom stereocenters. The van der Waals surface area contributed by atoms with E-state index in [0.29, 0.717) is 6.04 Å². The summed E-state index contributed by atoms with van der Waals surface area (Å²) in [6.45, 7) is 5.20. The van der Waals surface area contributed by atoms with Gasteiger partial charge in [-0.2, -0.15) is 0 Å². The van der Waals surface area contributed by atoms with E-state index in [2.05, 4.69) is 22.6 Å². The molecule has 4 heteroatoms. The highest BCUT2D eigenvalue weighted by atomic mass is 32.1. The fourth-order valence-electron chi connectivity index (χ4n) is 2.08. The van der Waals surface area contributed by atoms with Gasteiger partial charge in [0.05, 0.1) is 6.04 Å². The first-order valence-electron chi connectivity index (χ1n) is 6.03. The predicted molar refractivity (Wildman–Crippen MR) is 68.7 cm³/mol. The molecule has 0 amide bonds. The van der Waals surface area contributed by atoms with Crippen LogP contribution in [0.15, 0.2) is 5.38 Å². The largest absolute Gasteiger partial charge is 0.325 e. The molecule has 3 nitrogen and oxygen atoms in total. The van der Waals surface area contributed by atoms with Gasteiger partial charge in [-0.05, 0) is 46.1 Å². The third-order valence-corrected chi connectivity index (χ3v) is 4.58. The number of aromatic nitrogens is 1. The molecule has 1 aromatic heterocycles. The summed E-state index contributed by atoms with van der Waals surface area (Å²) in [7, 11) is 0. The third-order valence-electron chi connectivity index (χ3n) is 3.43. The smallest absolute Gasteiger partial charge is 0.110 e. The average Bonchev–Trinajstić information content (AvgIpc) is 2.62. The van der Waals surface area contributed by atoms with Crippen molar-refractivity contribution in [3.05, 3.63) is 16.1 Å². The van der Waals surface area contributed by atoms with Crippen LogP contribution in [-0.4, -0.2) is 17.1 Å². The van der Waals surface area contributed by atoms with Crippen LogP contribution < -0.4 is 11.1 Å². The van der Waals surface area contributed by atoms with Gasteiger partial charge in [0.15, 0.2) is 0 Å². The van der Waals surface area contributed by atoms with Gasteiger partial charge in [-0.25, -0.2) is 4.98 Å². The Morgan fingerprint density at radius 2 is 2.38 bits per heavy atom. The maximum absolute atomic E-state index is 6.18. The topological polar surface area (TPSA) is 50.9 Å². The number of hydrogen-bond acceptors (Lipinski definition) is 4. The lowest BCUT2D eigenvalue weighted by atomic mass is 9.75. The lowest BCUT2D eigenvalue weighted by Crippen LogP contribution is -2.48. The van der Waals surface area contributed by atoms with E-state index in [1.165, 1.54) is 24.3 Å². The summed E-state index contributed by atoms with van der Waals surface area (Å²) in [5.74, 6) is 0. The normalized spacial score (nSPS) is 20.4. The van der Waals surface area contributed by atoms with Crippen molar-refractivity contribution in [2.75, 3.05) is 6.54 Å². The number of nitrogens with two attached hydrogens (primary N) is 1. The van der Waals surface area contributed by atoms with Gasteiger partial charge in [0.2, 0.25) is 0 Å². The Bertz CT molecular complexity index is 344. The van der Waals surface area contributed by atoms with Gasteiger partial charge in [-0.15, -0.1) is 11.3 Å². The summed E-state index contributed by atoms with van der Waals surface area (Å²) in [6, 6.07) is 0.349. The fraction of sp³-hybridized carbons (Fsp3) is 0.750. The molecule has 2 rings (SSSR count). The highest BCUT2D eigenvalue weighted by Crippen LogP contribution is 2.31. The molecule has 0 bridgehead atoms. The summed E-state index contributed by atoms with van der Waals surface area (Å²) in [5.41, 5.74) is 7.42. The zero-order valence-corrected chi connectivity index (χ0v) is 10.9. The molecular formula is C12H21N3S. The van der Waals surface area contributed by atoms with Gasteiger partial charge < -0.3 is 11.1 Å². The third kappa shape index (κ3) is 2.81. The predicted octanol–water partition coefficient (Wildman–Crippen LogP) is 2.37. The molecule has 0 radical (unpaired) electrons. The second-order valence-corrected chi connectivity index (χ2v) is 5.86. The minimum atomic E-state index is 0.130. The van der Waals surface area contributed by atoms with E-state index in [-0.39, 0.29) is 5.54 Å². The summed E-state index contributed by atoms with van der Waals surface area (Å²) in [4.78, 5) is 4.48. The Labute approximate surface area is 101 Å². The van der Waals surface area contributed by atoms with Crippen molar-refractivity contribution < 1.29 is 0 Å². The second kappa shape index (κ2) is 4.82. The lowest BCUT2D eigenvalue weighted by molar-refractivity contribution is 0.227. The summed E-state index contributed by atoms with van der Waals surface area (Å²) in [5, 5.41) is 6.78. The van der Waals surface area contributed by atoms with Crippen LogP contribution in [-0.2, 0) is 0 Å². The van der Waals surface area contributed by atoms with Crippen LogP contribution in [0.5, 0.6) is 0 Å². The number of rotatable bonds is 5. The molecular weight excluding hydrogens is 218 g/mol. The van der Waals surface area contributed by atoms with Crippen LogP contribution in [0.1, 0.15) is 49.4 Å². The van der Waals surface area contributed by atoms with Gasteiger partial charge in [0, 0.05) is 16.6 Å². The van der Waals surface area contributed by atoms with Gasteiger partial charge in [0.1, 0.15) is 5.01 Å². The van der Waals surface area contributed by atoms with Crippen LogP contribution in [0, 0.1) is 6.92 Å². The van der Waals surface area contributed by atoms with E-state index in [0.717, 1.165) is 18.7 Å². The molecule has 1 atom stereocenters. The van der Waals surface area contributed by atoms with Gasteiger partial charge in [-0.1, -0.05) is 0 Å². The van der Waals surface area contributed by atoms with Crippen LogP contribution in [0.3, 0.4) is 0 Å². The first-order valence-corrected chi connectivity index (χ1v) is 6.91. The quantitative estimate of drug-likeness (QED) is 0.829. The van der Waals surface area contributed by atoms with Crippen molar-refractivity contribution in [3.63, 3.8) is 0 Å². The SMILES string of the molecule is Cc1csc(C(C)NCCC2(N)CCC2)n1. The van der Waals surface area contributed by atoms with Crippen LogP contribution >= 0.6 is 11.3 Å². The lowest BCUT2D eigenvalue weighted by Gasteiger charge is -2.38. The number of nitrogens with one attached hydrogen (secondary N) is 1. The van der Waals surface area contributed by atoms with Crippen LogP contribution in [0.4, 0.5) is 0 Å². The molecule has 0 aliphatic heterocycles.